The van der Waals surface area contributed by atoms with Crippen LogP contribution >= 0.6 is 0 Å². The summed E-state index contributed by atoms with van der Waals surface area (Å²) in [4.78, 5) is 0. The summed E-state index contributed by atoms with van der Waals surface area (Å²) in [6, 6.07) is 0. The Balaban J connectivity index is 2.83. The van der Waals surface area contributed by atoms with Crippen molar-refractivity contribution in [2.75, 3.05) is 6.54 Å². The van der Waals surface area contributed by atoms with Gasteiger partial charge in [-0.3, -0.25) is 4.68 Å². The van der Waals surface area contributed by atoms with Gasteiger partial charge in [0.1, 0.15) is 0 Å². The summed E-state index contributed by atoms with van der Waals surface area (Å²) >= 11 is 0. The Hall–Kier alpha value is -0.830. The normalized spacial score (nSPS) is 11.5. The molecule has 0 saturated heterocycles. The van der Waals surface area contributed by atoms with Gasteiger partial charge in [0.05, 0.1) is 5.69 Å². The lowest BCUT2D eigenvalue weighted by Gasteiger charge is -2.10. The average Bonchev–Trinajstić information content (AvgIpc) is 2.73. The highest BCUT2D eigenvalue weighted by molar-refractivity contribution is 5.26. The lowest BCUT2D eigenvalue weighted by molar-refractivity contribution is 0.538. The van der Waals surface area contributed by atoms with Crippen molar-refractivity contribution in [2.45, 2.75) is 73.4 Å². The first-order valence-electron chi connectivity index (χ1n) is 7.92. The Labute approximate surface area is 118 Å². The SMILES string of the molecule is CCCCn1nc(CC)c(CNCC(C)C)c1CC. The molecule has 19 heavy (non-hydrogen) atoms. The van der Waals surface area contributed by atoms with Crippen LogP contribution in [-0.4, -0.2) is 16.3 Å². The molecule has 1 N–H and O–H groups in total. The average molecular weight is 265 g/mol. The number of aromatic nitrogens is 2. The van der Waals surface area contributed by atoms with Crippen LogP contribution in [0.15, 0.2) is 0 Å². The zero-order valence-corrected chi connectivity index (χ0v) is 13.4. The summed E-state index contributed by atoms with van der Waals surface area (Å²) in [5, 5.41) is 8.38. The molecule has 1 aromatic heterocycles. The molecule has 0 aliphatic rings. The van der Waals surface area contributed by atoms with Gasteiger partial charge < -0.3 is 5.32 Å². The van der Waals surface area contributed by atoms with Gasteiger partial charge in [-0.15, -0.1) is 0 Å². The number of hydrogen-bond acceptors (Lipinski definition) is 2. The second-order valence-electron chi connectivity index (χ2n) is 5.68. The number of hydrogen-bond donors (Lipinski definition) is 1. The molecule has 0 radical (unpaired) electrons. The highest BCUT2D eigenvalue weighted by Crippen LogP contribution is 2.17. The van der Waals surface area contributed by atoms with Gasteiger partial charge in [0.25, 0.3) is 0 Å². The number of nitrogens with one attached hydrogen (secondary N) is 1. The molecule has 0 bridgehead atoms. The highest BCUT2D eigenvalue weighted by atomic mass is 15.3. The van der Waals surface area contributed by atoms with Crippen LogP contribution in [0, 0.1) is 5.92 Å². The van der Waals surface area contributed by atoms with E-state index in [9.17, 15) is 0 Å². The van der Waals surface area contributed by atoms with E-state index >= 15 is 0 Å². The van der Waals surface area contributed by atoms with Gasteiger partial charge in [-0.2, -0.15) is 5.10 Å². The van der Waals surface area contributed by atoms with Crippen LogP contribution in [-0.2, 0) is 25.9 Å². The van der Waals surface area contributed by atoms with Gasteiger partial charge in [0.15, 0.2) is 0 Å². The van der Waals surface area contributed by atoms with Crippen molar-refractivity contribution in [2.24, 2.45) is 5.92 Å². The Kier molecular flexibility index (Phi) is 7.14. The van der Waals surface area contributed by atoms with Crippen LogP contribution in [0.4, 0.5) is 0 Å². The first-order valence-corrected chi connectivity index (χ1v) is 7.92. The minimum Gasteiger partial charge on any atom is -0.312 e. The Morgan fingerprint density at radius 1 is 1.16 bits per heavy atom. The molecule has 3 heteroatoms. The summed E-state index contributed by atoms with van der Waals surface area (Å²) in [5.41, 5.74) is 4.16. The predicted octanol–water partition coefficient (Wildman–Crippen LogP) is 3.55. The molecular weight excluding hydrogens is 234 g/mol. The van der Waals surface area contributed by atoms with Crippen LogP contribution in [0.3, 0.4) is 0 Å². The van der Waals surface area contributed by atoms with Crippen LogP contribution in [0.1, 0.15) is 64.4 Å². The molecule has 1 aromatic rings. The van der Waals surface area contributed by atoms with Gasteiger partial charge in [0.2, 0.25) is 0 Å². The molecule has 0 saturated carbocycles. The first-order chi connectivity index (χ1) is 9.13. The minimum atomic E-state index is 0.699. The fourth-order valence-corrected chi connectivity index (χ4v) is 2.45. The van der Waals surface area contributed by atoms with Gasteiger partial charge >= 0.3 is 0 Å². The van der Waals surface area contributed by atoms with Gasteiger partial charge in [-0.05, 0) is 31.7 Å². The molecule has 3 nitrogen and oxygen atoms in total. The van der Waals surface area contributed by atoms with Crippen molar-refractivity contribution < 1.29 is 0 Å². The van der Waals surface area contributed by atoms with E-state index in [2.05, 4.69) is 44.6 Å². The maximum absolute atomic E-state index is 4.81. The molecule has 0 amide bonds. The molecule has 0 aliphatic carbocycles. The topological polar surface area (TPSA) is 29.9 Å². The van der Waals surface area contributed by atoms with Crippen molar-refractivity contribution >= 4 is 0 Å². The Bertz CT molecular complexity index is 366. The minimum absolute atomic E-state index is 0.699. The third kappa shape index (κ3) is 4.64. The molecule has 0 unspecified atom stereocenters. The molecule has 0 atom stereocenters. The number of nitrogens with zero attached hydrogens (tertiary/aromatic N) is 2. The zero-order chi connectivity index (χ0) is 14.3. The summed E-state index contributed by atoms with van der Waals surface area (Å²) in [7, 11) is 0. The standard InChI is InChI=1S/C16H31N3/c1-6-9-10-19-16(8-3)14(15(7-2)18-19)12-17-11-13(4)5/h13,17H,6-12H2,1-5H3. The van der Waals surface area contributed by atoms with Crippen molar-refractivity contribution in [3.63, 3.8) is 0 Å². The van der Waals surface area contributed by atoms with E-state index in [0.29, 0.717) is 5.92 Å². The van der Waals surface area contributed by atoms with Gasteiger partial charge in [0, 0.05) is 24.3 Å². The number of aryl methyl sites for hydroxylation is 2. The third-order valence-electron chi connectivity index (χ3n) is 3.50. The lowest BCUT2D eigenvalue weighted by Crippen LogP contribution is -2.20. The number of unbranched alkanes of at least 4 members (excludes halogenated alkanes) is 1. The number of rotatable bonds is 9. The summed E-state index contributed by atoms with van der Waals surface area (Å²) in [6.07, 6.45) is 4.56. The quantitative estimate of drug-likeness (QED) is 0.740. The summed E-state index contributed by atoms with van der Waals surface area (Å²) < 4.78 is 2.24. The predicted molar refractivity (Wildman–Crippen MR) is 82.4 cm³/mol. The largest absolute Gasteiger partial charge is 0.312 e. The maximum Gasteiger partial charge on any atom is 0.0669 e. The fourth-order valence-electron chi connectivity index (χ4n) is 2.45. The van der Waals surface area contributed by atoms with Crippen molar-refractivity contribution in [3.05, 3.63) is 17.0 Å². The van der Waals surface area contributed by atoms with Crippen molar-refractivity contribution in [3.8, 4) is 0 Å². The molecule has 0 aromatic carbocycles. The fraction of sp³-hybridized carbons (Fsp3) is 0.812. The molecule has 0 aliphatic heterocycles. The van der Waals surface area contributed by atoms with E-state index in [0.717, 1.165) is 32.5 Å². The molecule has 1 heterocycles. The molecule has 0 spiro atoms. The smallest absolute Gasteiger partial charge is 0.0669 e. The van der Waals surface area contributed by atoms with Crippen LogP contribution in [0.5, 0.6) is 0 Å². The molecule has 1 rings (SSSR count). The maximum atomic E-state index is 4.81. The molecule has 110 valence electrons. The first kappa shape index (κ1) is 16.2. The molecular formula is C16H31N3. The van der Waals surface area contributed by atoms with E-state index in [-0.39, 0.29) is 0 Å². The Morgan fingerprint density at radius 2 is 1.89 bits per heavy atom. The van der Waals surface area contributed by atoms with Crippen LogP contribution in [0.2, 0.25) is 0 Å². The van der Waals surface area contributed by atoms with E-state index in [1.165, 1.54) is 29.8 Å². The second-order valence-corrected chi connectivity index (χ2v) is 5.68. The summed E-state index contributed by atoms with van der Waals surface area (Å²) in [5.74, 6) is 0.699. The third-order valence-corrected chi connectivity index (χ3v) is 3.50. The lowest BCUT2D eigenvalue weighted by atomic mass is 10.1. The van der Waals surface area contributed by atoms with E-state index in [1.807, 2.05) is 0 Å². The highest BCUT2D eigenvalue weighted by Gasteiger charge is 2.14. The second kappa shape index (κ2) is 8.36. The van der Waals surface area contributed by atoms with E-state index in [4.69, 9.17) is 5.10 Å². The molecule has 0 fully saturated rings. The Morgan fingerprint density at radius 3 is 2.42 bits per heavy atom. The van der Waals surface area contributed by atoms with Gasteiger partial charge in [-0.25, -0.2) is 0 Å². The van der Waals surface area contributed by atoms with Crippen molar-refractivity contribution in [1.29, 1.82) is 0 Å². The monoisotopic (exact) mass is 265 g/mol. The van der Waals surface area contributed by atoms with E-state index < -0.39 is 0 Å². The van der Waals surface area contributed by atoms with Crippen molar-refractivity contribution in [1.82, 2.24) is 15.1 Å². The van der Waals surface area contributed by atoms with E-state index in [1.54, 1.807) is 0 Å². The zero-order valence-electron chi connectivity index (χ0n) is 13.4. The van der Waals surface area contributed by atoms with Gasteiger partial charge in [-0.1, -0.05) is 41.0 Å². The van der Waals surface area contributed by atoms with Crippen LogP contribution in [0.25, 0.3) is 0 Å². The van der Waals surface area contributed by atoms with Crippen LogP contribution < -0.4 is 5.32 Å². The summed E-state index contributed by atoms with van der Waals surface area (Å²) in [6.45, 7) is 14.3.